The van der Waals surface area contributed by atoms with Crippen LogP contribution in [0.15, 0.2) is 54.6 Å². The maximum absolute atomic E-state index is 13.2. The average molecular weight is 393 g/mol. The fraction of sp³-hybridized carbons (Fsp3) is 0.273. The van der Waals surface area contributed by atoms with Crippen LogP contribution in [0.4, 0.5) is 5.69 Å². The molecule has 0 bridgehead atoms. The molecule has 7 heteroatoms. The van der Waals surface area contributed by atoms with Crippen LogP contribution in [0.5, 0.6) is 0 Å². The van der Waals surface area contributed by atoms with Gasteiger partial charge in [0.15, 0.2) is 0 Å². The number of hydrogen-bond acceptors (Lipinski definition) is 5. The molecule has 0 atom stereocenters. The normalized spacial score (nSPS) is 14.2. The Labute approximate surface area is 169 Å². The van der Waals surface area contributed by atoms with Crippen LogP contribution in [0.3, 0.4) is 0 Å². The van der Waals surface area contributed by atoms with Crippen LogP contribution in [0.1, 0.15) is 25.0 Å². The van der Waals surface area contributed by atoms with Crippen LogP contribution in [0.2, 0.25) is 0 Å². The zero-order chi connectivity index (χ0) is 21.0. The number of hydrogen-bond donors (Lipinski definition) is 0. The van der Waals surface area contributed by atoms with E-state index in [-0.39, 0.29) is 23.1 Å². The molecule has 0 saturated carbocycles. The number of carbonyl (C=O) groups excluding carboxylic acids is 2. The summed E-state index contributed by atoms with van der Waals surface area (Å²) < 4.78 is 0. The Morgan fingerprint density at radius 2 is 1.38 bits per heavy atom. The van der Waals surface area contributed by atoms with E-state index in [1.807, 2.05) is 32.0 Å². The minimum Gasteiger partial charge on any atom is -0.302 e. The van der Waals surface area contributed by atoms with E-state index in [9.17, 15) is 19.7 Å². The smallest absolute Gasteiger partial charge is 0.269 e. The van der Waals surface area contributed by atoms with E-state index in [1.54, 1.807) is 12.1 Å². The Kier molecular flexibility index (Phi) is 6.19. The summed E-state index contributed by atoms with van der Waals surface area (Å²) in [6.45, 7) is 6.63. The van der Waals surface area contributed by atoms with Crippen molar-refractivity contribution in [2.45, 2.75) is 13.8 Å². The lowest BCUT2D eigenvalue weighted by molar-refractivity contribution is -0.384. The van der Waals surface area contributed by atoms with Gasteiger partial charge in [0.25, 0.3) is 17.5 Å². The summed E-state index contributed by atoms with van der Waals surface area (Å²) in [6, 6.07) is 14.8. The molecule has 1 heterocycles. The lowest BCUT2D eigenvalue weighted by atomic mass is 9.96. The fourth-order valence-corrected chi connectivity index (χ4v) is 3.45. The molecule has 0 aliphatic carbocycles. The van der Waals surface area contributed by atoms with E-state index in [1.165, 1.54) is 29.2 Å². The van der Waals surface area contributed by atoms with Crippen LogP contribution in [-0.2, 0) is 9.59 Å². The van der Waals surface area contributed by atoms with Crippen LogP contribution in [0.25, 0.3) is 11.1 Å². The van der Waals surface area contributed by atoms with E-state index in [2.05, 4.69) is 4.90 Å². The number of imide groups is 1. The number of benzene rings is 2. The van der Waals surface area contributed by atoms with Gasteiger partial charge in [0.2, 0.25) is 0 Å². The van der Waals surface area contributed by atoms with E-state index in [0.717, 1.165) is 13.1 Å². The molecular weight excluding hydrogens is 370 g/mol. The molecule has 2 amide bonds. The van der Waals surface area contributed by atoms with Crippen molar-refractivity contribution < 1.29 is 14.5 Å². The molecular formula is C22H23N3O4. The molecule has 0 N–H and O–H groups in total. The number of nitro benzene ring substituents is 1. The lowest BCUT2D eigenvalue weighted by Gasteiger charge is -2.22. The second-order valence-corrected chi connectivity index (χ2v) is 6.71. The zero-order valence-corrected chi connectivity index (χ0v) is 16.5. The molecule has 1 aliphatic heterocycles. The first-order valence-corrected chi connectivity index (χ1v) is 9.61. The second kappa shape index (κ2) is 8.79. The number of likely N-dealkylation sites (N-methyl/N-ethyl adjacent to an activating group) is 1. The standard InChI is InChI=1S/C22H23N3O4/c1-3-23(4-2)14-15-24-21(26)19(16-8-6-5-7-9-16)20(22(24)27)17-10-12-18(13-11-17)25(28)29/h5-13H,3-4,14-15H2,1-2H3. The predicted octanol–water partition coefficient (Wildman–Crippen LogP) is 3.22. The fourth-order valence-electron chi connectivity index (χ4n) is 3.45. The Bertz CT molecular complexity index is 948. The van der Waals surface area contributed by atoms with E-state index in [0.29, 0.717) is 29.8 Å². The van der Waals surface area contributed by atoms with Crippen molar-refractivity contribution in [1.82, 2.24) is 9.80 Å². The summed E-state index contributed by atoms with van der Waals surface area (Å²) >= 11 is 0. The topological polar surface area (TPSA) is 83.8 Å². The highest BCUT2D eigenvalue weighted by Gasteiger charge is 2.39. The van der Waals surface area contributed by atoms with Crippen molar-refractivity contribution in [2.75, 3.05) is 26.2 Å². The monoisotopic (exact) mass is 393 g/mol. The summed E-state index contributed by atoms with van der Waals surface area (Å²) in [4.78, 5) is 40.3. The van der Waals surface area contributed by atoms with Gasteiger partial charge in [0.1, 0.15) is 0 Å². The minimum atomic E-state index is -0.492. The third-order valence-electron chi connectivity index (χ3n) is 5.13. The molecule has 150 valence electrons. The molecule has 0 unspecified atom stereocenters. The van der Waals surface area contributed by atoms with E-state index < -0.39 is 4.92 Å². The SMILES string of the molecule is CCN(CC)CCN1C(=O)C(c2ccccc2)=C(c2ccc([N+](=O)[O-])cc2)C1=O. The average Bonchev–Trinajstić information content (AvgIpc) is 2.99. The minimum absolute atomic E-state index is 0.0641. The summed E-state index contributed by atoms with van der Waals surface area (Å²) in [5.74, 6) is -0.698. The number of nitro groups is 1. The summed E-state index contributed by atoms with van der Waals surface area (Å²) in [7, 11) is 0. The van der Waals surface area contributed by atoms with Gasteiger partial charge in [-0.2, -0.15) is 0 Å². The molecule has 7 nitrogen and oxygen atoms in total. The Balaban J connectivity index is 2.02. The Morgan fingerprint density at radius 3 is 1.86 bits per heavy atom. The second-order valence-electron chi connectivity index (χ2n) is 6.71. The van der Waals surface area contributed by atoms with Crippen molar-refractivity contribution in [2.24, 2.45) is 0 Å². The molecule has 29 heavy (non-hydrogen) atoms. The van der Waals surface area contributed by atoms with Crippen molar-refractivity contribution in [3.05, 3.63) is 75.8 Å². The van der Waals surface area contributed by atoms with Gasteiger partial charge in [-0.3, -0.25) is 24.6 Å². The van der Waals surface area contributed by atoms with E-state index in [4.69, 9.17) is 0 Å². The maximum atomic E-state index is 13.2. The first kappa shape index (κ1) is 20.4. The molecule has 0 saturated heterocycles. The largest absolute Gasteiger partial charge is 0.302 e. The number of nitrogens with zero attached hydrogens (tertiary/aromatic N) is 3. The van der Waals surface area contributed by atoms with Gasteiger partial charge < -0.3 is 4.90 Å². The Hall–Kier alpha value is -3.32. The predicted molar refractivity (Wildman–Crippen MR) is 111 cm³/mol. The molecule has 3 rings (SSSR count). The number of amides is 2. The highest BCUT2D eigenvalue weighted by Crippen LogP contribution is 2.36. The number of carbonyl (C=O) groups is 2. The van der Waals surface area contributed by atoms with E-state index >= 15 is 0 Å². The van der Waals surface area contributed by atoms with Crippen LogP contribution < -0.4 is 0 Å². The zero-order valence-electron chi connectivity index (χ0n) is 16.5. The summed E-state index contributed by atoms with van der Waals surface area (Å²) in [5.41, 5.74) is 1.72. The van der Waals surface area contributed by atoms with Gasteiger partial charge in [-0.25, -0.2) is 0 Å². The van der Waals surface area contributed by atoms with Crippen LogP contribution in [-0.4, -0.2) is 52.7 Å². The van der Waals surface area contributed by atoms with Crippen LogP contribution >= 0.6 is 0 Å². The lowest BCUT2D eigenvalue weighted by Crippen LogP contribution is -2.39. The first-order valence-electron chi connectivity index (χ1n) is 9.61. The van der Waals surface area contributed by atoms with Gasteiger partial charge >= 0.3 is 0 Å². The molecule has 0 radical (unpaired) electrons. The summed E-state index contributed by atoms with van der Waals surface area (Å²) in [6.07, 6.45) is 0. The third kappa shape index (κ3) is 4.09. The van der Waals surface area contributed by atoms with Gasteiger partial charge in [-0.1, -0.05) is 44.2 Å². The van der Waals surface area contributed by atoms with Gasteiger partial charge in [0, 0.05) is 25.2 Å². The Morgan fingerprint density at radius 1 is 0.862 bits per heavy atom. The van der Waals surface area contributed by atoms with Gasteiger partial charge in [-0.05, 0) is 36.3 Å². The molecule has 0 aromatic heterocycles. The van der Waals surface area contributed by atoms with Gasteiger partial charge in [-0.15, -0.1) is 0 Å². The van der Waals surface area contributed by atoms with Crippen molar-refractivity contribution in [1.29, 1.82) is 0 Å². The molecule has 2 aromatic carbocycles. The van der Waals surface area contributed by atoms with Crippen molar-refractivity contribution in [3.8, 4) is 0 Å². The summed E-state index contributed by atoms with van der Waals surface area (Å²) in [5, 5.41) is 11.0. The quantitative estimate of drug-likeness (QED) is 0.391. The van der Waals surface area contributed by atoms with Crippen LogP contribution in [0, 0.1) is 10.1 Å². The van der Waals surface area contributed by atoms with Crippen molar-refractivity contribution in [3.63, 3.8) is 0 Å². The molecule has 2 aromatic rings. The number of rotatable bonds is 8. The third-order valence-corrected chi connectivity index (χ3v) is 5.13. The van der Waals surface area contributed by atoms with Gasteiger partial charge in [0.05, 0.1) is 16.1 Å². The molecule has 0 spiro atoms. The molecule has 0 fully saturated rings. The highest BCUT2D eigenvalue weighted by atomic mass is 16.6. The van der Waals surface area contributed by atoms with Crippen molar-refractivity contribution >= 4 is 28.6 Å². The molecule has 1 aliphatic rings. The number of non-ortho nitro benzene ring substituents is 1. The highest BCUT2D eigenvalue weighted by molar-refractivity contribution is 6.49. The first-order chi connectivity index (χ1) is 14.0. The maximum Gasteiger partial charge on any atom is 0.269 e.